The smallest absolute Gasteiger partial charge is 0.302 e. The van der Waals surface area contributed by atoms with Crippen molar-refractivity contribution in [2.75, 3.05) is 28.6 Å². The van der Waals surface area contributed by atoms with E-state index in [4.69, 9.17) is 16.0 Å². The summed E-state index contributed by atoms with van der Waals surface area (Å²) in [5.41, 5.74) is 1.39. The summed E-state index contributed by atoms with van der Waals surface area (Å²) >= 11 is 6.17. The number of oxazole rings is 1. The molecular formula is C20H22ClN7O2. The number of nitrogens with one attached hydrogen (secondary N) is 2. The van der Waals surface area contributed by atoms with Crippen molar-refractivity contribution >= 4 is 41.1 Å². The number of anilines is 4. The predicted molar refractivity (Wildman–Crippen MR) is 115 cm³/mol. The topological polar surface area (TPSA) is 109 Å². The van der Waals surface area contributed by atoms with Crippen molar-refractivity contribution < 1.29 is 9.21 Å². The van der Waals surface area contributed by atoms with Crippen molar-refractivity contribution in [3.63, 3.8) is 0 Å². The van der Waals surface area contributed by atoms with E-state index in [1.165, 1.54) is 6.20 Å². The number of aromatic nitrogens is 4. The van der Waals surface area contributed by atoms with E-state index in [0.717, 1.165) is 31.5 Å². The summed E-state index contributed by atoms with van der Waals surface area (Å²) in [5, 5.41) is 6.14. The molecule has 30 heavy (non-hydrogen) atoms. The van der Waals surface area contributed by atoms with Gasteiger partial charge < -0.3 is 14.6 Å². The van der Waals surface area contributed by atoms with E-state index in [1.54, 1.807) is 6.07 Å². The number of carbonyl (C=O) groups is 1. The number of rotatable bonds is 6. The molecular weight excluding hydrogens is 406 g/mol. The van der Waals surface area contributed by atoms with Crippen LogP contribution in [-0.2, 0) is 6.42 Å². The number of hydrogen-bond acceptors (Lipinski definition) is 8. The summed E-state index contributed by atoms with van der Waals surface area (Å²) in [4.78, 5) is 32.2. The van der Waals surface area contributed by atoms with Crippen LogP contribution in [0.2, 0.25) is 5.02 Å². The normalized spacial score (nSPS) is 13.5. The van der Waals surface area contributed by atoms with E-state index < -0.39 is 5.91 Å². The summed E-state index contributed by atoms with van der Waals surface area (Å²) in [7, 11) is 0. The molecule has 2 aromatic heterocycles. The lowest BCUT2D eigenvalue weighted by Gasteiger charge is -2.16. The first-order valence-electron chi connectivity index (χ1n) is 9.82. The highest BCUT2D eigenvalue weighted by atomic mass is 35.5. The second-order valence-corrected chi connectivity index (χ2v) is 7.37. The molecule has 1 aromatic carbocycles. The number of hydrogen-bond donors (Lipinski definition) is 2. The van der Waals surface area contributed by atoms with Crippen LogP contribution >= 0.6 is 11.6 Å². The van der Waals surface area contributed by atoms with Crippen molar-refractivity contribution in [2.45, 2.75) is 33.1 Å². The van der Waals surface area contributed by atoms with Gasteiger partial charge in [0.25, 0.3) is 5.91 Å². The molecule has 3 heterocycles. The van der Waals surface area contributed by atoms with E-state index >= 15 is 0 Å². The van der Waals surface area contributed by atoms with Crippen LogP contribution in [0.3, 0.4) is 0 Å². The van der Waals surface area contributed by atoms with Crippen LogP contribution in [0, 0.1) is 6.92 Å². The molecule has 0 atom stereocenters. The SMILES string of the molecule is CCc1nc(Nc2ncc(C(=O)Nc3c(C)cccc3Cl)o2)nc(N2CCCC2)n1. The van der Waals surface area contributed by atoms with Crippen LogP contribution in [0.1, 0.15) is 41.7 Å². The zero-order valence-electron chi connectivity index (χ0n) is 16.8. The molecule has 9 nitrogen and oxygen atoms in total. The molecule has 1 aliphatic heterocycles. The van der Waals surface area contributed by atoms with Gasteiger partial charge in [-0.15, -0.1) is 0 Å². The van der Waals surface area contributed by atoms with Crippen LogP contribution in [0.5, 0.6) is 0 Å². The maximum Gasteiger partial charge on any atom is 0.302 e. The lowest BCUT2D eigenvalue weighted by molar-refractivity contribution is 0.0997. The van der Waals surface area contributed by atoms with Crippen LogP contribution in [0.25, 0.3) is 0 Å². The lowest BCUT2D eigenvalue weighted by atomic mass is 10.2. The zero-order valence-corrected chi connectivity index (χ0v) is 17.5. The summed E-state index contributed by atoms with van der Waals surface area (Å²) in [6, 6.07) is 5.51. The number of amides is 1. The molecule has 10 heteroatoms. The second-order valence-electron chi connectivity index (χ2n) is 6.96. The Hall–Kier alpha value is -3.20. The first kappa shape index (κ1) is 20.1. The van der Waals surface area contributed by atoms with Gasteiger partial charge in [0, 0.05) is 19.5 Å². The Balaban J connectivity index is 1.50. The van der Waals surface area contributed by atoms with Gasteiger partial charge in [-0.3, -0.25) is 10.1 Å². The molecule has 1 aliphatic rings. The maximum absolute atomic E-state index is 12.5. The van der Waals surface area contributed by atoms with Crippen LogP contribution in [0.4, 0.5) is 23.6 Å². The van der Waals surface area contributed by atoms with Gasteiger partial charge in [-0.1, -0.05) is 30.7 Å². The summed E-state index contributed by atoms with van der Waals surface area (Å²) in [6.07, 6.45) is 4.26. The number of para-hydroxylation sites is 1. The molecule has 1 saturated heterocycles. The highest BCUT2D eigenvalue weighted by Crippen LogP contribution is 2.26. The standard InChI is InChI=1S/C20H22ClN7O2/c1-3-15-23-18(26-19(24-15)28-9-4-5-10-28)27-20-22-11-14(30-20)17(29)25-16-12(2)7-6-8-13(16)21/h6-8,11H,3-5,9-10H2,1-2H3,(H,25,29)(H,22,23,24,26,27). The maximum atomic E-state index is 12.5. The third kappa shape index (κ3) is 4.35. The van der Waals surface area contributed by atoms with Crippen LogP contribution in [0.15, 0.2) is 28.8 Å². The van der Waals surface area contributed by atoms with Gasteiger partial charge in [0.1, 0.15) is 5.82 Å². The number of carbonyl (C=O) groups excluding carboxylic acids is 1. The van der Waals surface area contributed by atoms with Crippen molar-refractivity contribution in [1.82, 2.24) is 19.9 Å². The highest BCUT2D eigenvalue weighted by Gasteiger charge is 2.19. The summed E-state index contributed by atoms with van der Waals surface area (Å²) < 4.78 is 5.55. The van der Waals surface area contributed by atoms with Gasteiger partial charge in [0.2, 0.25) is 17.7 Å². The summed E-state index contributed by atoms with van der Waals surface area (Å²) in [6.45, 7) is 5.70. The Morgan fingerprint density at radius 3 is 2.77 bits per heavy atom. The molecule has 0 bridgehead atoms. The number of aryl methyl sites for hydroxylation is 2. The molecule has 0 aliphatic carbocycles. The Morgan fingerprint density at radius 2 is 2.03 bits per heavy atom. The fraction of sp³-hybridized carbons (Fsp3) is 0.350. The van der Waals surface area contributed by atoms with Gasteiger partial charge in [-0.2, -0.15) is 15.0 Å². The minimum absolute atomic E-state index is 0.0429. The average molecular weight is 428 g/mol. The molecule has 4 rings (SSSR count). The Labute approximate surface area is 178 Å². The fourth-order valence-corrected chi connectivity index (χ4v) is 3.45. The fourth-order valence-electron chi connectivity index (χ4n) is 3.18. The van der Waals surface area contributed by atoms with Gasteiger partial charge in [0.15, 0.2) is 0 Å². The van der Waals surface area contributed by atoms with E-state index in [9.17, 15) is 4.79 Å². The summed E-state index contributed by atoms with van der Waals surface area (Å²) in [5.74, 6) is 1.24. The van der Waals surface area contributed by atoms with Crippen LogP contribution < -0.4 is 15.5 Å². The third-order valence-electron chi connectivity index (χ3n) is 4.78. The van der Waals surface area contributed by atoms with Crippen molar-refractivity contribution in [2.24, 2.45) is 0 Å². The van der Waals surface area contributed by atoms with Gasteiger partial charge in [-0.25, -0.2) is 4.98 Å². The first-order valence-corrected chi connectivity index (χ1v) is 10.2. The number of halogens is 1. The van der Waals surface area contributed by atoms with E-state index in [2.05, 4.69) is 35.5 Å². The van der Waals surface area contributed by atoms with Gasteiger partial charge in [-0.05, 0) is 31.4 Å². The quantitative estimate of drug-likeness (QED) is 0.607. The Bertz CT molecular complexity index is 1040. The molecule has 0 radical (unpaired) electrons. The molecule has 0 unspecified atom stereocenters. The van der Waals surface area contributed by atoms with E-state index in [0.29, 0.717) is 34.9 Å². The number of nitrogens with zero attached hydrogens (tertiary/aromatic N) is 5. The molecule has 156 valence electrons. The first-order chi connectivity index (χ1) is 14.5. The van der Waals surface area contributed by atoms with Gasteiger partial charge >= 0.3 is 6.01 Å². The average Bonchev–Trinajstić information content (AvgIpc) is 3.43. The molecule has 2 N–H and O–H groups in total. The van der Waals surface area contributed by atoms with E-state index in [1.807, 2.05) is 26.0 Å². The molecule has 1 amide bonds. The lowest BCUT2D eigenvalue weighted by Crippen LogP contribution is -2.22. The Kier molecular flexibility index (Phi) is 5.80. The minimum atomic E-state index is -0.450. The molecule has 0 spiro atoms. The molecule has 3 aromatic rings. The molecule has 0 saturated carbocycles. The van der Waals surface area contributed by atoms with E-state index in [-0.39, 0.29) is 11.8 Å². The zero-order chi connectivity index (χ0) is 21.1. The van der Waals surface area contributed by atoms with Crippen molar-refractivity contribution in [3.05, 3.63) is 46.6 Å². The third-order valence-corrected chi connectivity index (χ3v) is 5.10. The largest absolute Gasteiger partial charge is 0.418 e. The van der Waals surface area contributed by atoms with Gasteiger partial charge in [0.05, 0.1) is 16.9 Å². The Morgan fingerprint density at radius 1 is 1.23 bits per heavy atom. The van der Waals surface area contributed by atoms with Crippen molar-refractivity contribution in [3.8, 4) is 0 Å². The second kappa shape index (κ2) is 8.66. The van der Waals surface area contributed by atoms with Crippen LogP contribution in [-0.4, -0.2) is 38.9 Å². The monoisotopic (exact) mass is 427 g/mol. The van der Waals surface area contributed by atoms with Crippen molar-refractivity contribution in [1.29, 1.82) is 0 Å². The predicted octanol–water partition coefficient (Wildman–Crippen LogP) is 3.98. The highest BCUT2D eigenvalue weighted by molar-refractivity contribution is 6.34. The minimum Gasteiger partial charge on any atom is -0.418 e. The molecule has 1 fully saturated rings. The number of benzene rings is 1.